The van der Waals surface area contributed by atoms with Crippen molar-refractivity contribution in [1.82, 2.24) is 0 Å². The zero-order valence-corrected chi connectivity index (χ0v) is 11.7. The smallest absolute Gasteiger partial charge is 0.336 e. The highest BCUT2D eigenvalue weighted by Crippen LogP contribution is 2.27. The number of phenols is 1. The summed E-state index contributed by atoms with van der Waals surface area (Å²) in [6.07, 6.45) is 3.74. The van der Waals surface area contributed by atoms with E-state index in [-0.39, 0.29) is 11.4 Å². The summed E-state index contributed by atoms with van der Waals surface area (Å²) in [6, 6.07) is 5.02. The zero-order chi connectivity index (χ0) is 14.1. The molecule has 1 aliphatic heterocycles. The van der Waals surface area contributed by atoms with Gasteiger partial charge in [0.2, 0.25) is 0 Å². The first kappa shape index (κ1) is 13.2. The monoisotopic (exact) mass is 274 g/mol. The largest absolute Gasteiger partial charge is 0.507 e. The van der Waals surface area contributed by atoms with Gasteiger partial charge in [0.25, 0.3) is 0 Å². The fourth-order valence-corrected chi connectivity index (χ4v) is 3.08. The molecule has 2 N–H and O–H groups in total. The second kappa shape index (κ2) is 5.29. The lowest BCUT2D eigenvalue weighted by molar-refractivity contribution is -0.918. The Hall–Kier alpha value is -1.81. The average Bonchev–Trinajstić information content (AvgIpc) is 2.43. The predicted octanol–water partition coefficient (Wildman–Crippen LogP) is 1.38. The van der Waals surface area contributed by atoms with Crippen LogP contribution in [0.5, 0.6) is 5.75 Å². The second-order valence-electron chi connectivity index (χ2n) is 5.68. The molecule has 1 fully saturated rings. The van der Waals surface area contributed by atoms with Crippen LogP contribution in [0.1, 0.15) is 30.4 Å². The fourth-order valence-electron chi connectivity index (χ4n) is 3.08. The van der Waals surface area contributed by atoms with Crippen LogP contribution in [0.25, 0.3) is 11.0 Å². The van der Waals surface area contributed by atoms with Crippen LogP contribution in [0.3, 0.4) is 0 Å². The Morgan fingerprint density at radius 1 is 1.25 bits per heavy atom. The van der Waals surface area contributed by atoms with Crippen molar-refractivity contribution >= 4 is 11.0 Å². The molecule has 2 aromatic rings. The Morgan fingerprint density at radius 2 is 2.00 bits per heavy atom. The number of piperidine rings is 1. The molecule has 0 amide bonds. The zero-order valence-electron chi connectivity index (χ0n) is 11.7. The Kier molecular flexibility index (Phi) is 3.49. The number of quaternary nitrogens is 1. The summed E-state index contributed by atoms with van der Waals surface area (Å²) >= 11 is 0. The minimum Gasteiger partial charge on any atom is -0.507 e. The van der Waals surface area contributed by atoms with Crippen molar-refractivity contribution in [3.05, 3.63) is 39.7 Å². The van der Waals surface area contributed by atoms with Gasteiger partial charge in [-0.25, -0.2) is 4.79 Å². The molecule has 0 aliphatic carbocycles. The van der Waals surface area contributed by atoms with E-state index >= 15 is 0 Å². The predicted molar refractivity (Wildman–Crippen MR) is 77.1 cm³/mol. The molecule has 0 unspecified atom stereocenters. The number of rotatable bonds is 2. The number of fused-ring (bicyclic) bond motifs is 1. The lowest BCUT2D eigenvalue weighted by atomic mass is 10.0. The van der Waals surface area contributed by atoms with E-state index in [1.165, 1.54) is 30.2 Å². The molecule has 1 aromatic carbocycles. The number of aryl methyl sites for hydroxylation is 1. The van der Waals surface area contributed by atoms with Crippen LogP contribution < -0.4 is 10.5 Å². The third-order valence-electron chi connectivity index (χ3n) is 4.19. The molecule has 1 aliphatic rings. The average molecular weight is 274 g/mol. The number of phenolic OH excluding ortho intramolecular Hbond substituents is 1. The molecule has 0 saturated carbocycles. The van der Waals surface area contributed by atoms with E-state index in [1.807, 2.05) is 13.0 Å². The van der Waals surface area contributed by atoms with E-state index in [9.17, 15) is 9.90 Å². The standard InChI is InChI=1S/C16H19NO3/c1-11-9-15(19)20-16-12(11)5-6-14(18)13(16)10-17-7-3-2-4-8-17/h5-6,9,18H,2-4,7-8,10H2,1H3/p+1. The minimum atomic E-state index is -0.351. The first-order valence-corrected chi connectivity index (χ1v) is 7.24. The number of hydrogen-bond donors (Lipinski definition) is 2. The topological polar surface area (TPSA) is 54.9 Å². The van der Waals surface area contributed by atoms with Crippen molar-refractivity contribution in [1.29, 1.82) is 0 Å². The maximum absolute atomic E-state index is 11.6. The summed E-state index contributed by atoms with van der Waals surface area (Å²) in [7, 11) is 0. The summed E-state index contributed by atoms with van der Waals surface area (Å²) < 4.78 is 5.37. The Balaban J connectivity index is 2.08. The molecule has 2 heterocycles. The third-order valence-corrected chi connectivity index (χ3v) is 4.19. The van der Waals surface area contributed by atoms with Gasteiger partial charge in [-0.3, -0.25) is 0 Å². The van der Waals surface area contributed by atoms with Gasteiger partial charge in [-0.15, -0.1) is 0 Å². The maximum Gasteiger partial charge on any atom is 0.336 e. The van der Waals surface area contributed by atoms with E-state index < -0.39 is 0 Å². The molecular formula is C16H20NO3+. The van der Waals surface area contributed by atoms with E-state index in [0.717, 1.165) is 36.1 Å². The van der Waals surface area contributed by atoms with Gasteiger partial charge >= 0.3 is 5.63 Å². The highest BCUT2D eigenvalue weighted by Gasteiger charge is 2.19. The number of nitrogens with one attached hydrogen (secondary N) is 1. The number of aromatic hydroxyl groups is 1. The molecule has 4 nitrogen and oxygen atoms in total. The SMILES string of the molecule is Cc1cc(=O)oc2c(C[NH+]3CCCCC3)c(O)ccc12. The second-order valence-corrected chi connectivity index (χ2v) is 5.68. The van der Waals surface area contributed by atoms with Gasteiger partial charge in [-0.05, 0) is 43.9 Å². The number of benzene rings is 1. The normalized spacial score (nSPS) is 16.6. The summed E-state index contributed by atoms with van der Waals surface area (Å²) in [5.41, 5.74) is 1.86. The van der Waals surface area contributed by atoms with Gasteiger partial charge in [0.1, 0.15) is 12.3 Å². The summed E-state index contributed by atoms with van der Waals surface area (Å²) in [4.78, 5) is 13.1. The third kappa shape index (κ3) is 2.43. The van der Waals surface area contributed by atoms with Gasteiger partial charge in [-0.2, -0.15) is 0 Å². The van der Waals surface area contributed by atoms with Crippen molar-refractivity contribution in [3.63, 3.8) is 0 Å². The lowest BCUT2D eigenvalue weighted by Crippen LogP contribution is -3.11. The van der Waals surface area contributed by atoms with Gasteiger partial charge in [0.15, 0.2) is 5.58 Å². The van der Waals surface area contributed by atoms with E-state index in [4.69, 9.17) is 4.42 Å². The molecule has 0 spiro atoms. The van der Waals surface area contributed by atoms with Crippen LogP contribution in [0.2, 0.25) is 0 Å². The molecular weight excluding hydrogens is 254 g/mol. The first-order valence-electron chi connectivity index (χ1n) is 7.24. The quantitative estimate of drug-likeness (QED) is 0.813. The van der Waals surface area contributed by atoms with Crippen LogP contribution >= 0.6 is 0 Å². The van der Waals surface area contributed by atoms with E-state index in [0.29, 0.717) is 5.58 Å². The molecule has 106 valence electrons. The molecule has 0 radical (unpaired) electrons. The van der Waals surface area contributed by atoms with E-state index in [1.54, 1.807) is 6.07 Å². The molecule has 1 aromatic heterocycles. The van der Waals surface area contributed by atoms with E-state index in [2.05, 4.69) is 0 Å². The van der Waals surface area contributed by atoms with Crippen molar-refractivity contribution in [3.8, 4) is 5.75 Å². The van der Waals surface area contributed by atoms with Gasteiger partial charge in [-0.1, -0.05) is 0 Å². The van der Waals surface area contributed by atoms with Gasteiger partial charge in [0, 0.05) is 11.5 Å². The molecule has 4 heteroatoms. The van der Waals surface area contributed by atoms with Gasteiger partial charge < -0.3 is 14.4 Å². The molecule has 0 atom stereocenters. The van der Waals surface area contributed by atoms with Crippen molar-refractivity contribution in [2.45, 2.75) is 32.7 Å². The highest BCUT2D eigenvalue weighted by atomic mass is 16.4. The van der Waals surface area contributed by atoms with Crippen molar-refractivity contribution < 1.29 is 14.4 Å². The highest BCUT2D eigenvalue weighted by molar-refractivity contribution is 5.84. The van der Waals surface area contributed by atoms with Crippen LogP contribution in [0.4, 0.5) is 0 Å². The molecule has 3 rings (SSSR count). The summed E-state index contributed by atoms with van der Waals surface area (Å²) in [5.74, 6) is 0.226. The van der Waals surface area contributed by atoms with Crippen LogP contribution in [-0.4, -0.2) is 18.2 Å². The van der Waals surface area contributed by atoms with Crippen molar-refractivity contribution in [2.75, 3.05) is 13.1 Å². The fraction of sp³-hybridized carbons (Fsp3) is 0.438. The van der Waals surface area contributed by atoms with Crippen LogP contribution in [0.15, 0.2) is 27.4 Å². The summed E-state index contributed by atoms with van der Waals surface area (Å²) in [5, 5.41) is 11.1. The van der Waals surface area contributed by atoms with Crippen LogP contribution in [0, 0.1) is 6.92 Å². The minimum absolute atomic E-state index is 0.226. The Bertz CT molecular complexity index is 684. The first-order chi connectivity index (χ1) is 9.65. The molecule has 0 bridgehead atoms. The number of hydrogen-bond acceptors (Lipinski definition) is 3. The number of likely N-dealkylation sites (tertiary alicyclic amines) is 1. The van der Waals surface area contributed by atoms with Crippen LogP contribution in [-0.2, 0) is 6.54 Å². The Labute approximate surface area is 117 Å². The molecule has 1 saturated heterocycles. The maximum atomic E-state index is 11.6. The lowest BCUT2D eigenvalue weighted by Gasteiger charge is -2.24. The molecule has 20 heavy (non-hydrogen) atoms. The van der Waals surface area contributed by atoms with Crippen molar-refractivity contribution in [2.24, 2.45) is 0 Å². The summed E-state index contributed by atoms with van der Waals surface area (Å²) in [6.45, 7) is 4.85. The Morgan fingerprint density at radius 3 is 2.75 bits per heavy atom. The van der Waals surface area contributed by atoms with Gasteiger partial charge in [0.05, 0.1) is 18.7 Å².